The van der Waals surface area contributed by atoms with Gasteiger partial charge in [0.25, 0.3) is 5.91 Å². The topological polar surface area (TPSA) is 104 Å². The molecule has 1 fully saturated rings. The Hall–Kier alpha value is -4.40. The summed E-state index contributed by atoms with van der Waals surface area (Å²) < 4.78 is 2.00. The molecule has 3 aromatic heterocycles. The maximum absolute atomic E-state index is 13.0. The Kier molecular flexibility index (Phi) is 4.76. The number of nitrogens with one attached hydrogen (secondary N) is 3. The number of rotatable bonds is 3. The van der Waals surface area contributed by atoms with Gasteiger partial charge in [-0.05, 0) is 66.8 Å². The number of anilines is 3. The monoisotopic (exact) mass is 493 g/mol. The van der Waals surface area contributed by atoms with Crippen LogP contribution in [0.3, 0.4) is 0 Å². The van der Waals surface area contributed by atoms with Crippen molar-refractivity contribution in [3.63, 3.8) is 0 Å². The maximum atomic E-state index is 13.0. The number of aryl methyl sites for hydroxylation is 1. The summed E-state index contributed by atoms with van der Waals surface area (Å²) in [4.78, 5) is 37.3. The van der Waals surface area contributed by atoms with Crippen molar-refractivity contribution >= 4 is 40.0 Å². The molecule has 1 saturated heterocycles. The second-order valence-corrected chi connectivity index (χ2v) is 10.0. The minimum absolute atomic E-state index is 0.0613. The fraction of sp³-hybridized carbons (Fsp3) is 0.286. The number of pyridine rings is 2. The molecule has 3 aliphatic heterocycles. The van der Waals surface area contributed by atoms with Crippen LogP contribution in [0.25, 0.3) is 22.2 Å². The lowest BCUT2D eigenvalue weighted by atomic mass is 9.94. The molecule has 3 N–H and O–H groups in total. The van der Waals surface area contributed by atoms with Crippen molar-refractivity contribution in [2.75, 3.05) is 16.8 Å². The largest absolute Gasteiger partial charge is 0.358 e. The average Bonchev–Trinajstić information content (AvgIpc) is 3.62. The molecule has 37 heavy (non-hydrogen) atoms. The zero-order chi connectivity index (χ0) is 25.3. The number of hydrogen-bond donors (Lipinski definition) is 3. The van der Waals surface area contributed by atoms with Crippen LogP contribution in [-0.2, 0) is 18.4 Å². The van der Waals surface area contributed by atoms with Crippen molar-refractivity contribution in [3.8, 4) is 11.1 Å². The lowest BCUT2D eigenvalue weighted by Crippen LogP contribution is -2.41. The Morgan fingerprint density at radius 3 is 2.86 bits per heavy atom. The van der Waals surface area contributed by atoms with Crippen molar-refractivity contribution in [1.82, 2.24) is 25.2 Å². The van der Waals surface area contributed by atoms with Crippen LogP contribution < -0.4 is 20.9 Å². The highest BCUT2D eigenvalue weighted by Gasteiger charge is 2.37. The molecule has 2 amide bonds. The number of carbonyl (C=O) groups is 2. The molecule has 6 heterocycles. The van der Waals surface area contributed by atoms with Crippen LogP contribution in [0.1, 0.15) is 47.4 Å². The highest BCUT2D eigenvalue weighted by molar-refractivity contribution is 6.07. The summed E-state index contributed by atoms with van der Waals surface area (Å²) in [7, 11) is 1.98. The van der Waals surface area contributed by atoms with E-state index in [0.717, 1.165) is 58.5 Å². The second-order valence-electron chi connectivity index (χ2n) is 10.0. The van der Waals surface area contributed by atoms with Gasteiger partial charge in [0.15, 0.2) is 0 Å². The summed E-state index contributed by atoms with van der Waals surface area (Å²) in [5, 5.41) is 10.6. The minimum Gasteiger partial charge on any atom is -0.358 e. The minimum atomic E-state index is -0.203. The summed E-state index contributed by atoms with van der Waals surface area (Å²) in [6.45, 7) is 3.28. The highest BCUT2D eigenvalue weighted by Crippen LogP contribution is 2.39. The van der Waals surface area contributed by atoms with E-state index in [0.29, 0.717) is 23.6 Å². The van der Waals surface area contributed by atoms with Gasteiger partial charge in [-0.1, -0.05) is 6.07 Å². The first-order chi connectivity index (χ1) is 18.0. The summed E-state index contributed by atoms with van der Waals surface area (Å²) >= 11 is 0. The van der Waals surface area contributed by atoms with E-state index in [2.05, 4.69) is 38.0 Å². The zero-order valence-electron chi connectivity index (χ0n) is 20.7. The van der Waals surface area contributed by atoms with Crippen molar-refractivity contribution in [3.05, 3.63) is 65.6 Å². The van der Waals surface area contributed by atoms with Crippen LogP contribution in [0.5, 0.6) is 0 Å². The normalized spacial score (nSPS) is 20.2. The zero-order valence-corrected chi connectivity index (χ0v) is 20.7. The van der Waals surface area contributed by atoms with Gasteiger partial charge in [-0.2, -0.15) is 0 Å². The number of aromatic nitrogens is 3. The van der Waals surface area contributed by atoms with E-state index in [1.807, 2.05) is 55.2 Å². The summed E-state index contributed by atoms with van der Waals surface area (Å²) in [5.41, 5.74) is 7.12. The summed E-state index contributed by atoms with van der Waals surface area (Å²) in [6, 6.07) is 11.7. The van der Waals surface area contributed by atoms with Gasteiger partial charge < -0.3 is 25.4 Å². The van der Waals surface area contributed by atoms with Crippen molar-refractivity contribution in [1.29, 1.82) is 0 Å². The molecule has 0 aliphatic carbocycles. The van der Waals surface area contributed by atoms with Crippen LogP contribution in [-0.4, -0.2) is 38.9 Å². The quantitative estimate of drug-likeness (QED) is 0.401. The Morgan fingerprint density at radius 2 is 1.97 bits per heavy atom. The smallest absolute Gasteiger partial charge is 0.254 e. The lowest BCUT2D eigenvalue weighted by Gasteiger charge is -2.24. The maximum Gasteiger partial charge on any atom is 0.254 e. The van der Waals surface area contributed by atoms with Crippen molar-refractivity contribution in [2.24, 2.45) is 7.05 Å². The number of amides is 2. The van der Waals surface area contributed by atoms with E-state index in [-0.39, 0.29) is 23.9 Å². The highest BCUT2D eigenvalue weighted by atomic mass is 16.2. The number of nitrogens with zero attached hydrogens (tertiary/aromatic N) is 4. The van der Waals surface area contributed by atoms with Gasteiger partial charge in [0.1, 0.15) is 17.5 Å². The van der Waals surface area contributed by atoms with E-state index in [9.17, 15) is 9.59 Å². The van der Waals surface area contributed by atoms with Crippen LogP contribution in [0.2, 0.25) is 0 Å². The molecule has 2 atom stereocenters. The summed E-state index contributed by atoms with van der Waals surface area (Å²) in [5.74, 6) is 0.598. The third-order valence-electron chi connectivity index (χ3n) is 7.82. The molecule has 9 heteroatoms. The molecular formula is C28H27N7O2. The first-order valence-electron chi connectivity index (χ1n) is 12.7. The molecule has 186 valence electrons. The Morgan fingerprint density at radius 1 is 1.08 bits per heavy atom. The van der Waals surface area contributed by atoms with Crippen LogP contribution >= 0.6 is 0 Å². The molecule has 9 nitrogen and oxygen atoms in total. The van der Waals surface area contributed by atoms with E-state index >= 15 is 0 Å². The Balaban J connectivity index is 1.29. The van der Waals surface area contributed by atoms with Crippen molar-refractivity contribution < 1.29 is 9.59 Å². The molecule has 1 aromatic carbocycles. The molecule has 3 aliphatic rings. The molecule has 0 spiro atoms. The van der Waals surface area contributed by atoms with Crippen LogP contribution in [0, 0.1) is 0 Å². The van der Waals surface area contributed by atoms with E-state index in [4.69, 9.17) is 4.98 Å². The van der Waals surface area contributed by atoms with E-state index in [1.54, 1.807) is 0 Å². The molecule has 4 aromatic rings. The van der Waals surface area contributed by atoms with Gasteiger partial charge in [0, 0.05) is 37.9 Å². The Bertz CT molecular complexity index is 1610. The molecule has 1 unspecified atom stereocenters. The number of hydrogen-bond acceptors (Lipinski definition) is 6. The number of benzene rings is 1. The summed E-state index contributed by atoms with van der Waals surface area (Å²) in [6.07, 6.45) is 5.66. The molecule has 0 radical (unpaired) electrons. The van der Waals surface area contributed by atoms with Gasteiger partial charge in [0.2, 0.25) is 5.91 Å². The standard InChI is InChI=1S/C28H27N7O2/c1-15-25-21(35-12-3-4-22(35)27(36)31-15)7-8-23(33-25)32-20-6-5-16(19-14-30-28(37)24(19)20)17-9-11-29-26-18(17)10-13-34(26)2/h5-11,13,15,22H,3-4,12,14H2,1-2H3,(H,30,37)(H,31,36)(H,32,33)/t15?,22-/m0/s1. The number of carbonyl (C=O) groups excluding carboxylic acids is 2. The van der Waals surface area contributed by atoms with Gasteiger partial charge >= 0.3 is 0 Å². The fourth-order valence-electron chi connectivity index (χ4n) is 6.05. The molecular weight excluding hydrogens is 466 g/mol. The predicted molar refractivity (Wildman–Crippen MR) is 142 cm³/mol. The first-order valence-corrected chi connectivity index (χ1v) is 12.7. The average molecular weight is 494 g/mol. The fourth-order valence-corrected chi connectivity index (χ4v) is 6.05. The molecule has 0 saturated carbocycles. The van der Waals surface area contributed by atoms with Crippen LogP contribution in [0.15, 0.2) is 48.8 Å². The van der Waals surface area contributed by atoms with Gasteiger partial charge in [-0.3, -0.25) is 9.59 Å². The lowest BCUT2D eigenvalue weighted by molar-refractivity contribution is -0.122. The predicted octanol–water partition coefficient (Wildman–Crippen LogP) is 3.78. The Labute approximate surface area is 213 Å². The molecule has 0 bridgehead atoms. The second kappa shape index (κ2) is 8.06. The van der Waals surface area contributed by atoms with Gasteiger partial charge in [0.05, 0.1) is 28.7 Å². The SMILES string of the molecule is CC1NC(=O)[C@@H]2CCCN2c2ccc(Nc3ccc(-c4ccnc5c4ccn5C)c4c3C(=O)NC4)nc21. The first kappa shape index (κ1) is 21.8. The van der Waals surface area contributed by atoms with E-state index < -0.39 is 0 Å². The van der Waals surface area contributed by atoms with Gasteiger partial charge in [-0.25, -0.2) is 9.97 Å². The number of fused-ring (bicyclic) bond motifs is 5. The van der Waals surface area contributed by atoms with Gasteiger partial charge in [-0.15, -0.1) is 0 Å². The van der Waals surface area contributed by atoms with E-state index in [1.165, 1.54) is 0 Å². The third-order valence-corrected chi connectivity index (χ3v) is 7.82. The molecule has 7 rings (SSSR count). The van der Waals surface area contributed by atoms with Crippen LogP contribution in [0.4, 0.5) is 17.2 Å². The third kappa shape index (κ3) is 3.30. The van der Waals surface area contributed by atoms with Crippen molar-refractivity contribution in [2.45, 2.75) is 38.4 Å².